The molecular weight excluding hydrogens is 483 g/mol. The van der Waals surface area contributed by atoms with E-state index >= 15 is 0 Å². The van der Waals surface area contributed by atoms with E-state index in [2.05, 4.69) is 24.8 Å². The van der Waals surface area contributed by atoms with Gasteiger partial charge in [-0.25, -0.2) is 0 Å². The van der Waals surface area contributed by atoms with Crippen molar-refractivity contribution >= 4 is 43.3 Å². The van der Waals surface area contributed by atoms with Crippen molar-refractivity contribution in [3.05, 3.63) is 70.1 Å². The molecule has 0 aliphatic heterocycles. The van der Waals surface area contributed by atoms with Crippen molar-refractivity contribution in [2.75, 3.05) is 0 Å². The molecule has 0 saturated heterocycles. The Hall–Kier alpha value is -4.23. The number of pyridine rings is 2. The van der Waals surface area contributed by atoms with Gasteiger partial charge in [0.05, 0.1) is 28.7 Å². The average molecular weight is 503 g/mol. The van der Waals surface area contributed by atoms with Gasteiger partial charge in [-0.3, -0.25) is 9.78 Å². The first-order chi connectivity index (χ1) is 17.2. The largest absolute Gasteiger partial charge is 0.488 e. The van der Waals surface area contributed by atoms with Crippen molar-refractivity contribution in [2.24, 2.45) is 0 Å². The van der Waals surface area contributed by atoms with Crippen LogP contribution in [0.4, 0.5) is 3.89 Å². The number of fused-ring (bicyclic) bond motifs is 4. The Kier molecular flexibility index (Phi) is 4.88. The van der Waals surface area contributed by atoms with Crippen molar-refractivity contribution in [3.8, 4) is 22.9 Å². The lowest BCUT2D eigenvalue weighted by molar-refractivity contribution is 0.327. The Morgan fingerprint density at radius 2 is 1.97 bits per heavy atom. The summed E-state index contributed by atoms with van der Waals surface area (Å²) in [7, 11) is -5.19. The molecule has 0 spiro atoms. The highest BCUT2D eigenvalue weighted by Gasteiger charge is 2.26. The maximum atomic E-state index is 13.8. The zero-order valence-electron chi connectivity index (χ0n) is 19.1. The zero-order valence-corrected chi connectivity index (χ0v) is 19.9. The quantitative estimate of drug-likeness (QED) is 0.338. The Bertz CT molecular complexity index is 1930. The third kappa shape index (κ3) is 3.51. The van der Waals surface area contributed by atoms with Crippen molar-refractivity contribution in [1.29, 1.82) is 5.26 Å². The molecule has 0 unspecified atom stereocenters. The fourth-order valence-electron chi connectivity index (χ4n) is 5.06. The molecule has 1 saturated carbocycles. The normalized spacial score (nSPS) is 14.2. The smallest absolute Gasteiger partial charge is 0.357 e. The van der Waals surface area contributed by atoms with Gasteiger partial charge in [0.25, 0.3) is 0 Å². The second kappa shape index (κ2) is 7.90. The summed E-state index contributed by atoms with van der Waals surface area (Å²) in [6.45, 7) is 1.85. The fraction of sp³-hybridized carbons (Fsp3) is 0.192. The fourth-order valence-corrected chi connectivity index (χ4v) is 5.38. The number of aromatic amines is 1. The zero-order chi connectivity index (χ0) is 25.2. The number of nitrogens with zero attached hydrogens (tertiary/aromatic N) is 3. The molecule has 10 heteroatoms. The first-order valence-corrected chi connectivity index (χ1v) is 12.7. The van der Waals surface area contributed by atoms with E-state index < -0.39 is 10.5 Å². The SMILES string of the molecule is Cc1cc2c(=O)c3c4ccc(C#N)cc4[nH]c3n(C3CCC3)c2cc1-c1cncc(OS(=O)(=O)F)c1. The summed E-state index contributed by atoms with van der Waals surface area (Å²) in [6.07, 6.45) is 5.66. The van der Waals surface area contributed by atoms with Crippen molar-refractivity contribution in [3.63, 3.8) is 0 Å². The first-order valence-electron chi connectivity index (χ1n) is 11.4. The summed E-state index contributed by atoms with van der Waals surface area (Å²) in [6, 6.07) is 12.7. The molecule has 0 atom stereocenters. The van der Waals surface area contributed by atoms with E-state index in [1.54, 1.807) is 12.1 Å². The minimum Gasteiger partial charge on any atom is -0.357 e. The van der Waals surface area contributed by atoms with Crippen LogP contribution in [0.1, 0.15) is 36.4 Å². The molecule has 1 aliphatic rings. The summed E-state index contributed by atoms with van der Waals surface area (Å²) in [4.78, 5) is 21.2. The molecule has 180 valence electrons. The maximum Gasteiger partial charge on any atom is 0.488 e. The highest BCUT2D eigenvalue weighted by Crippen LogP contribution is 2.39. The van der Waals surface area contributed by atoms with Gasteiger partial charge >= 0.3 is 10.5 Å². The van der Waals surface area contributed by atoms with Gasteiger partial charge < -0.3 is 13.7 Å². The minimum absolute atomic E-state index is 0.111. The van der Waals surface area contributed by atoms with E-state index in [1.165, 1.54) is 12.3 Å². The van der Waals surface area contributed by atoms with Gasteiger partial charge in [-0.1, -0.05) is 9.95 Å². The highest BCUT2D eigenvalue weighted by atomic mass is 32.3. The predicted molar refractivity (Wildman–Crippen MR) is 134 cm³/mol. The summed E-state index contributed by atoms with van der Waals surface area (Å²) in [5, 5.41) is 11.2. The molecule has 6 rings (SSSR count). The van der Waals surface area contributed by atoms with E-state index in [0.717, 1.165) is 47.4 Å². The molecule has 0 amide bonds. The van der Waals surface area contributed by atoms with Crippen LogP contribution >= 0.6 is 0 Å². The molecule has 3 heterocycles. The summed E-state index contributed by atoms with van der Waals surface area (Å²) >= 11 is 0. The molecule has 1 fully saturated rings. The number of benzene rings is 2. The highest BCUT2D eigenvalue weighted by molar-refractivity contribution is 7.81. The summed E-state index contributed by atoms with van der Waals surface area (Å²) in [5.41, 5.74) is 4.56. The van der Waals surface area contributed by atoms with Crippen LogP contribution in [0.5, 0.6) is 5.75 Å². The van der Waals surface area contributed by atoms with E-state index in [9.17, 15) is 22.4 Å². The molecule has 0 radical (unpaired) electrons. The lowest BCUT2D eigenvalue weighted by Gasteiger charge is -2.31. The van der Waals surface area contributed by atoms with Gasteiger partial charge in [-0.15, -0.1) is 0 Å². The Labute approximate surface area is 205 Å². The second-order valence-electron chi connectivity index (χ2n) is 9.07. The number of rotatable bonds is 4. The number of aromatic nitrogens is 3. The van der Waals surface area contributed by atoms with Gasteiger partial charge in [-0.05, 0) is 67.6 Å². The van der Waals surface area contributed by atoms with Crippen LogP contribution in [0.3, 0.4) is 0 Å². The van der Waals surface area contributed by atoms with E-state index in [0.29, 0.717) is 33.1 Å². The molecule has 2 aromatic carbocycles. The molecule has 0 bridgehead atoms. The van der Waals surface area contributed by atoms with E-state index in [1.807, 2.05) is 25.1 Å². The Morgan fingerprint density at radius 1 is 1.17 bits per heavy atom. The van der Waals surface area contributed by atoms with Crippen LogP contribution < -0.4 is 9.61 Å². The van der Waals surface area contributed by atoms with Crippen LogP contribution in [0, 0.1) is 18.3 Å². The van der Waals surface area contributed by atoms with Crippen LogP contribution in [0.25, 0.3) is 44.0 Å². The van der Waals surface area contributed by atoms with Crippen molar-refractivity contribution in [1.82, 2.24) is 14.5 Å². The average Bonchev–Trinajstić information content (AvgIpc) is 3.18. The molecule has 1 N–H and O–H groups in total. The van der Waals surface area contributed by atoms with Crippen molar-refractivity contribution in [2.45, 2.75) is 32.2 Å². The van der Waals surface area contributed by atoms with Crippen LogP contribution in [-0.2, 0) is 10.5 Å². The van der Waals surface area contributed by atoms with Crippen LogP contribution in [0.15, 0.2) is 53.6 Å². The third-order valence-corrected chi connectivity index (χ3v) is 7.27. The van der Waals surface area contributed by atoms with Gasteiger partial charge in [0.2, 0.25) is 0 Å². The maximum absolute atomic E-state index is 13.8. The van der Waals surface area contributed by atoms with Crippen LogP contribution in [0.2, 0.25) is 0 Å². The van der Waals surface area contributed by atoms with Gasteiger partial charge in [0.15, 0.2) is 11.2 Å². The lowest BCUT2D eigenvalue weighted by Crippen LogP contribution is -2.21. The first kappa shape index (κ1) is 22.2. The Balaban J connectivity index is 1.66. The number of halogens is 1. The van der Waals surface area contributed by atoms with E-state index in [-0.39, 0.29) is 17.2 Å². The molecule has 1 aliphatic carbocycles. The molecule has 3 aromatic heterocycles. The Morgan fingerprint density at radius 3 is 2.67 bits per heavy atom. The summed E-state index contributed by atoms with van der Waals surface area (Å²) < 4.78 is 41.5. The number of hydrogen-bond donors (Lipinski definition) is 1. The van der Waals surface area contributed by atoms with Gasteiger partial charge in [-0.2, -0.15) is 13.7 Å². The molecular formula is C26H19FN4O4S. The monoisotopic (exact) mass is 502 g/mol. The second-order valence-corrected chi connectivity index (χ2v) is 10.0. The molecule has 5 aromatic rings. The molecule has 8 nitrogen and oxygen atoms in total. The molecule has 36 heavy (non-hydrogen) atoms. The number of hydrogen-bond acceptors (Lipinski definition) is 6. The third-order valence-electron chi connectivity index (χ3n) is 6.88. The standard InChI is InChI=1S/C26H19FN4O4S/c1-14-7-21-23(10-20(14)16-9-18(13-29-12-16)35-36(27,33)34)31(17-3-2-4-17)26-24(25(21)32)19-6-5-15(11-28)8-22(19)30-26/h5-10,12-13,17,30H,2-4H2,1H3. The van der Waals surface area contributed by atoms with Gasteiger partial charge in [0.1, 0.15) is 5.65 Å². The summed E-state index contributed by atoms with van der Waals surface area (Å²) in [5.74, 6) is -0.245. The number of nitriles is 1. The van der Waals surface area contributed by atoms with Gasteiger partial charge in [0, 0.05) is 34.1 Å². The van der Waals surface area contributed by atoms with Crippen LogP contribution in [-0.4, -0.2) is 23.0 Å². The predicted octanol–water partition coefficient (Wildman–Crippen LogP) is 5.20. The number of aryl methyl sites for hydroxylation is 1. The topological polar surface area (TPSA) is 118 Å². The number of H-pyrrole nitrogens is 1. The van der Waals surface area contributed by atoms with Crippen molar-refractivity contribution < 1.29 is 16.5 Å². The lowest BCUT2D eigenvalue weighted by atomic mass is 9.91. The van der Waals surface area contributed by atoms with E-state index in [4.69, 9.17) is 0 Å². The minimum atomic E-state index is -5.19. The number of nitrogens with one attached hydrogen (secondary N) is 1.